The molecule has 2 aliphatic rings. The van der Waals surface area contributed by atoms with E-state index >= 15 is 0 Å². The van der Waals surface area contributed by atoms with E-state index in [0.717, 1.165) is 6.54 Å². The summed E-state index contributed by atoms with van der Waals surface area (Å²) < 4.78 is 26.5. The molecule has 27 heavy (non-hydrogen) atoms. The van der Waals surface area contributed by atoms with E-state index in [4.69, 9.17) is 0 Å². The summed E-state index contributed by atoms with van der Waals surface area (Å²) in [6.45, 7) is 4.85. The van der Waals surface area contributed by atoms with Crippen LogP contribution in [0.1, 0.15) is 15.9 Å². The fraction of sp³-hybridized carbons (Fsp3) is 0.579. The van der Waals surface area contributed by atoms with Gasteiger partial charge in [-0.15, -0.1) is 0 Å². The van der Waals surface area contributed by atoms with Gasteiger partial charge in [0, 0.05) is 51.7 Å². The molecule has 8 heteroatoms. The predicted molar refractivity (Wildman–Crippen MR) is 95.5 cm³/mol. The number of nitrogens with zero attached hydrogens (tertiary/aromatic N) is 3. The maximum absolute atomic E-state index is 14.2. The fourth-order valence-electron chi connectivity index (χ4n) is 3.62. The molecule has 2 heterocycles. The zero-order chi connectivity index (χ0) is 19.6. The Hall–Kier alpha value is -2.06. The van der Waals surface area contributed by atoms with Gasteiger partial charge in [-0.3, -0.25) is 14.5 Å². The van der Waals surface area contributed by atoms with Crippen LogP contribution in [0, 0.1) is 18.7 Å². The largest absolute Gasteiger partial charge is 0.381 e. The highest BCUT2D eigenvalue weighted by atomic mass is 19.1. The maximum atomic E-state index is 14.2. The van der Waals surface area contributed by atoms with Crippen LogP contribution < -0.4 is 0 Å². The number of likely N-dealkylation sites (tertiary alicyclic amines) is 1. The zero-order valence-electron chi connectivity index (χ0n) is 15.4. The Bertz CT molecular complexity index is 701. The van der Waals surface area contributed by atoms with Gasteiger partial charge in [-0.2, -0.15) is 0 Å². The van der Waals surface area contributed by atoms with Crippen molar-refractivity contribution < 1.29 is 23.5 Å². The predicted octanol–water partition coefficient (Wildman–Crippen LogP) is 0.681. The van der Waals surface area contributed by atoms with Crippen LogP contribution in [0.3, 0.4) is 0 Å². The lowest BCUT2D eigenvalue weighted by atomic mass is 9.98. The minimum atomic E-state index is -1.55. The Morgan fingerprint density at radius 2 is 1.85 bits per heavy atom. The molecule has 2 fully saturated rings. The van der Waals surface area contributed by atoms with Crippen LogP contribution in [-0.2, 0) is 4.79 Å². The number of piperazine rings is 1. The van der Waals surface area contributed by atoms with Crippen molar-refractivity contribution in [1.29, 1.82) is 0 Å². The molecule has 0 radical (unpaired) electrons. The summed E-state index contributed by atoms with van der Waals surface area (Å²) in [4.78, 5) is 29.5. The monoisotopic (exact) mass is 381 g/mol. The molecule has 0 aromatic heterocycles. The Labute approximate surface area is 157 Å². The van der Waals surface area contributed by atoms with E-state index in [0.29, 0.717) is 44.8 Å². The quantitative estimate of drug-likeness (QED) is 0.815. The summed E-state index contributed by atoms with van der Waals surface area (Å²) in [5, 5.41) is 9.24. The number of carbonyl (C=O) groups excluding carboxylic acids is 2. The van der Waals surface area contributed by atoms with Crippen molar-refractivity contribution >= 4 is 11.8 Å². The second-order valence-electron chi connectivity index (χ2n) is 7.31. The first-order valence-electron chi connectivity index (χ1n) is 9.20. The second-order valence-corrected chi connectivity index (χ2v) is 7.31. The Morgan fingerprint density at radius 1 is 1.19 bits per heavy atom. The van der Waals surface area contributed by atoms with Crippen molar-refractivity contribution in [2.75, 3.05) is 52.5 Å². The van der Waals surface area contributed by atoms with Crippen molar-refractivity contribution in [2.24, 2.45) is 5.92 Å². The number of halogens is 2. The number of hydrogen-bond donors (Lipinski definition) is 1. The van der Waals surface area contributed by atoms with Crippen LogP contribution in [0.15, 0.2) is 18.2 Å². The molecule has 2 aliphatic heterocycles. The molecule has 1 N–H and O–H groups in total. The van der Waals surface area contributed by atoms with Crippen LogP contribution >= 0.6 is 0 Å². The molecule has 2 saturated heterocycles. The minimum absolute atomic E-state index is 0.114. The third-order valence-corrected chi connectivity index (χ3v) is 5.30. The van der Waals surface area contributed by atoms with E-state index in [1.807, 2.05) is 0 Å². The van der Waals surface area contributed by atoms with Gasteiger partial charge in [-0.1, -0.05) is 12.1 Å². The van der Waals surface area contributed by atoms with Crippen molar-refractivity contribution in [3.8, 4) is 0 Å². The van der Waals surface area contributed by atoms with Gasteiger partial charge in [0.1, 0.15) is 12.5 Å². The molecular formula is C19H25F2N3O3. The number of carbonyl (C=O) groups is 2. The summed E-state index contributed by atoms with van der Waals surface area (Å²) in [6, 6.07) is 4.84. The van der Waals surface area contributed by atoms with E-state index in [1.165, 1.54) is 11.0 Å². The number of amides is 2. The SMILES string of the molecule is Cc1cccc(C(=O)N2CCN(CC3CN(C(=O)[C@H](O)CF)C3)CC2)c1F. The van der Waals surface area contributed by atoms with Gasteiger partial charge < -0.3 is 14.9 Å². The summed E-state index contributed by atoms with van der Waals surface area (Å²) in [6.07, 6.45) is -1.55. The lowest BCUT2D eigenvalue weighted by Crippen LogP contribution is -2.58. The lowest BCUT2D eigenvalue weighted by Gasteiger charge is -2.44. The van der Waals surface area contributed by atoms with E-state index in [-0.39, 0.29) is 17.4 Å². The van der Waals surface area contributed by atoms with Crippen LogP contribution in [-0.4, -0.2) is 90.2 Å². The molecule has 3 rings (SSSR count). The smallest absolute Gasteiger partial charge is 0.256 e. The van der Waals surface area contributed by atoms with Crippen molar-refractivity contribution in [3.63, 3.8) is 0 Å². The van der Waals surface area contributed by atoms with Crippen molar-refractivity contribution in [2.45, 2.75) is 13.0 Å². The average Bonchev–Trinajstić information content (AvgIpc) is 2.65. The standard InChI is InChI=1S/C19H25F2N3O3/c1-13-3-2-4-15(17(13)21)18(26)23-7-5-22(6-8-23)10-14-11-24(12-14)19(27)16(25)9-20/h2-4,14,16,25H,5-12H2,1H3/t16-/m1/s1. The Kier molecular flexibility index (Phi) is 6.06. The molecule has 1 aromatic carbocycles. The molecule has 2 amide bonds. The highest BCUT2D eigenvalue weighted by molar-refractivity contribution is 5.94. The summed E-state index contributed by atoms with van der Waals surface area (Å²) in [5.74, 6) is -1.00. The van der Waals surface area contributed by atoms with Gasteiger partial charge in [-0.05, 0) is 18.6 Å². The number of hydrogen-bond acceptors (Lipinski definition) is 4. The molecule has 1 aromatic rings. The average molecular weight is 381 g/mol. The molecule has 0 spiro atoms. The van der Waals surface area contributed by atoms with Gasteiger partial charge in [0.15, 0.2) is 6.10 Å². The van der Waals surface area contributed by atoms with Gasteiger partial charge in [-0.25, -0.2) is 8.78 Å². The Balaban J connectivity index is 1.44. The Morgan fingerprint density at radius 3 is 2.48 bits per heavy atom. The number of alkyl halides is 1. The molecule has 148 valence electrons. The second kappa shape index (κ2) is 8.31. The van der Waals surface area contributed by atoms with E-state index in [1.54, 1.807) is 24.0 Å². The number of rotatable bonds is 5. The number of aliphatic hydroxyl groups is 1. The lowest BCUT2D eigenvalue weighted by molar-refractivity contribution is -0.148. The van der Waals surface area contributed by atoms with Crippen LogP contribution in [0.5, 0.6) is 0 Å². The first-order chi connectivity index (χ1) is 12.9. The minimum Gasteiger partial charge on any atom is -0.381 e. The van der Waals surface area contributed by atoms with Gasteiger partial charge in [0.05, 0.1) is 5.56 Å². The fourth-order valence-corrected chi connectivity index (χ4v) is 3.62. The van der Waals surface area contributed by atoms with E-state index in [9.17, 15) is 23.5 Å². The van der Waals surface area contributed by atoms with Crippen molar-refractivity contribution in [1.82, 2.24) is 14.7 Å². The van der Waals surface area contributed by atoms with E-state index < -0.39 is 24.5 Å². The van der Waals surface area contributed by atoms with Gasteiger partial charge in [0.2, 0.25) is 0 Å². The summed E-state index contributed by atoms with van der Waals surface area (Å²) in [7, 11) is 0. The van der Waals surface area contributed by atoms with Gasteiger partial charge in [0.25, 0.3) is 11.8 Å². The third kappa shape index (κ3) is 4.27. The molecule has 0 aliphatic carbocycles. The van der Waals surface area contributed by atoms with Crippen LogP contribution in [0.2, 0.25) is 0 Å². The summed E-state index contributed by atoms with van der Waals surface area (Å²) >= 11 is 0. The number of aryl methyl sites for hydroxylation is 1. The molecule has 0 saturated carbocycles. The first kappa shape index (κ1) is 19.7. The van der Waals surface area contributed by atoms with Crippen molar-refractivity contribution in [3.05, 3.63) is 35.1 Å². The van der Waals surface area contributed by atoms with Crippen LogP contribution in [0.4, 0.5) is 8.78 Å². The number of benzene rings is 1. The van der Waals surface area contributed by atoms with Crippen LogP contribution in [0.25, 0.3) is 0 Å². The topological polar surface area (TPSA) is 64.1 Å². The number of aliphatic hydroxyl groups excluding tert-OH is 1. The van der Waals surface area contributed by atoms with Gasteiger partial charge >= 0.3 is 0 Å². The van der Waals surface area contributed by atoms with E-state index in [2.05, 4.69) is 4.90 Å². The highest BCUT2D eigenvalue weighted by Gasteiger charge is 2.35. The zero-order valence-corrected chi connectivity index (χ0v) is 15.4. The molecule has 6 nitrogen and oxygen atoms in total. The highest BCUT2D eigenvalue weighted by Crippen LogP contribution is 2.20. The maximum Gasteiger partial charge on any atom is 0.256 e. The molecule has 0 bridgehead atoms. The molecule has 1 atom stereocenters. The normalized spacial score (nSPS) is 19.7. The third-order valence-electron chi connectivity index (χ3n) is 5.30. The molecular weight excluding hydrogens is 356 g/mol. The first-order valence-corrected chi connectivity index (χ1v) is 9.20. The molecule has 0 unspecified atom stereocenters. The summed E-state index contributed by atoms with van der Waals surface area (Å²) in [5.41, 5.74) is 0.574.